The molecule has 1 N–H and O–H groups in total. The minimum absolute atomic E-state index is 0.0182. The van der Waals surface area contributed by atoms with Crippen LogP contribution in [0.4, 0.5) is 11.5 Å². The molecule has 2 aromatic heterocycles. The summed E-state index contributed by atoms with van der Waals surface area (Å²) in [6.07, 6.45) is 9.28. The van der Waals surface area contributed by atoms with Crippen molar-refractivity contribution in [3.05, 3.63) is 34.0 Å². The fourth-order valence-corrected chi connectivity index (χ4v) is 7.25. The number of aromatic carboxylic acids is 1. The van der Waals surface area contributed by atoms with Crippen LogP contribution in [0.5, 0.6) is 5.88 Å². The number of nitrogens with zero attached hydrogens (tertiary/aromatic N) is 3. The second kappa shape index (κ2) is 13.1. The van der Waals surface area contributed by atoms with Gasteiger partial charge in [0, 0.05) is 36.5 Å². The van der Waals surface area contributed by atoms with Gasteiger partial charge in [0.2, 0.25) is 11.8 Å². The fraction of sp³-hybridized carbons (Fsp3) is 0.618. The number of ether oxygens (including phenoxy) is 1. The van der Waals surface area contributed by atoms with E-state index < -0.39 is 5.97 Å². The minimum Gasteiger partial charge on any atom is -0.477 e. The van der Waals surface area contributed by atoms with Crippen LogP contribution in [0.3, 0.4) is 0 Å². The number of carboxylic acid groups (broad SMARTS) is 1. The molecule has 0 atom stereocenters. The molecule has 1 saturated heterocycles. The van der Waals surface area contributed by atoms with Crippen molar-refractivity contribution < 1.29 is 19.4 Å². The third-order valence-electron chi connectivity index (χ3n) is 8.76. The molecule has 8 heteroatoms. The molecule has 7 nitrogen and oxygen atoms in total. The number of hydrogen-bond donors (Lipinski definition) is 1. The Labute approximate surface area is 254 Å². The second-order valence-electron chi connectivity index (χ2n) is 13.4. The Morgan fingerprint density at radius 1 is 1.05 bits per heavy atom. The summed E-state index contributed by atoms with van der Waals surface area (Å²) in [4.78, 5) is 36.5. The number of hydrogen-bond acceptors (Lipinski definition) is 6. The largest absolute Gasteiger partial charge is 0.477 e. The molecule has 0 spiro atoms. The summed E-state index contributed by atoms with van der Waals surface area (Å²) in [6, 6.07) is 7.75. The van der Waals surface area contributed by atoms with Crippen molar-refractivity contribution in [3.63, 3.8) is 0 Å². The highest BCUT2D eigenvalue weighted by atomic mass is 32.1. The predicted molar refractivity (Wildman–Crippen MR) is 169 cm³/mol. The summed E-state index contributed by atoms with van der Waals surface area (Å²) < 4.78 is 6.36. The van der Waals surface area contributed by atoms with Crippen molar-refractivity contribution in [3.8, 4) is 17.7 Å². The highest BCUT2D eigenvalue weighted by molar-refractivity contribution is 7.15. The van der Waals surface area contributed by atoms with Crippen molar-refractivity contribution in [2.24, 2.45) is 17.3 Å². The number of amides is 1. The van der Waals surface area contributed by atoms with E-state index in [0.29, 0.717) is 22.4 Å². The summed E-state index contributed by atoms with van der Waals surface area (Å²) in [5, 5.41) is 10.2. The van der Waals surface area contributed by atoms with Crippen LogP contribution in [0.15, 0.2) is 24.3 Å². The molecule has 2 aromatic rings. The molecule has 2 aliphatic carbocycles. The molecule has 5 rings (SSSR count). The Balaban J connectivity index is 1.36. The van der Waals surface area contributed by atoms with E-state index in [1.807, 2.05) is 49.9 Å². The molecule has 0 radical (unpaired) electrons. The number of carbonyl (C=O) groups excluding carboxylic acids is 1. The zero-order valence-electron chi connectivity index (χ0n) is 25.5. The van der Waals surface area contributed by atoms with E-state index in [4.69, 9.17) is 9.72 Å². The molecule has 1 aliphatic heterocycles. The van der Waals surface area contributed by atoms with Crippen LogP contribution in [0, 0.1) is 29.1 Å². The molecular formula is C34H45N3O4S. The van der Waals surface area contributed by atoms with E-state index in [2.05, 4.69) is 23.7 Å². The van der Waals surface area contributed by atoms with Gasteiger partial charge in [-0.15, -0.1) is 11.3 Å². The van der Waals surface area contributed by atoms with Crippen molar-refractivity contribution in [1.82, 2.24) is 4.98 Å². The molecule has 3 heterocycles. The molecule has 226 valence electrons. The first-order chi connectivity index (χ1) is 20.1. The van der Waals surface area contributed by atoms with Gasteiger partial charge in [0.05, 0.1) is 10.6 Å². The van der Waals surface area contributed by atoms with Crippen LogP contribution >= 0.6 is 11.3 Å². The lowest BCUT2D eigenvalue weighted by Crippen LogP contribution is -2.47. The molecule has 0 aromatic carbocycles. The summed E-state index contributed by atoms with van der Waals surface area (Å²) >= 11 is 1.18. The average molecular weight is 592 g/mol. The normalized spacial score (nSPS) is 24.5. The number of anilines is 2. The standard InChI is InChI=1S/C34H45N3O4S/c1-23-10-12-24(13-11-23)32(38)37(28-22-27(18-19-34(2,3)4)42-31(28)33(39)40)25-14-16-26(17-15-25)41-30-9-7-8-29(35-30)36-20-5-6-21-36/h7-9,22-26H,5-6,10-17,20-21H2,1-4H3,(H,39,40)/t23-,24-,25-,26-. The quantitative estimate of drug-likeness (QED) is 0.338. The molecule has 3 aliphatic rings. The van der Waals surface area contributed by atoms with E-state index in [9.17, 15) is 14.7 Å². The Hall–Kier alpha value is -3.05. The van der Waals surface area contributed by atoms with Gasteiger partial charge in [-0.25, -0.2) is 4.79 Å². The van der Waals surface area contributed by atoms with Gasteiger partial charge >= 0.3 is 5.97 Å². The van der Waals surface area contributed by atoms with E-state index >= 15 is 0 Å². The van der Waals surface area contributed by atoms with E-state index in [0.717, 1.165) is 70.3 Å². The van der Waals surface area contributed by atoms with E-state index in [1.54, 1.807) is 0 Å². The van der Waals surface area contributed by atoms with Gasteiger partial charge in [0.15, 0.2) is 0 Å². The zero-order chi connectivity index (χ0) is 29.9. The Morgan fingerprint density at radius 2 is 1.74 bits per heavy atom. The molecule has 42 heavy (non-hydrogen) atoms. The average Bonchev–Trinajstić information content (AvgIpc) is 3.64. The Bertz CT molecular complexity index is 1310. The van der Waals surface area contributed by atoms with Crippen LogP contribution in [0.25, 0.3) is 0 Å². The smallest absolute Gasteiger partial charge is 0.348 e. The number of carbonyl (C=O) groups is 2. The van der Waals surface area contributed by atoms with E-state index in [-0.39, 0.29) is 34.3 Å². The minimum atomic E-state index is -1.00. The van der Waals surface area contributed by atoms with Crippen LogP contribution in [-0.2, 0) is 4.79 Å². The first-order valence-corrected chi connectivity index (χ1v) is 16.5. The van der Waals surface area contributed by atoms with Gasteiger partial charge < -0.3 is 19.6 Å². The zero-order valence-corrected chi connectivity index (χ0v) is 26.3. The number of thiophene rings is 1. The molecular weight excluding hydrogens is 546 g/mol. The van der Waals surface area contributed by atoms with Crippen molar-refractivity contribution >= 4 is 34.7 Å². The van der Waals surface area contributed by atoms with Gasteiger partial charge in [-0.3, -0.25) is 4.79 Å². The summed E-state index contributed by atoms with van der Waals surface area (Å²) in [5.41, 5.74) is 0.307. The summed E-state index contributed by atoms with van der Waals surface area (Å²) in [7, 11) is 0. The van der Waals surface area contributed by atoms with Crippen molar-refractivity contribution in [1.29, 1.82) is 0 Å². The number of carboxylic acids is 1. The molecule has 3 fully saturated rings. The highest BCUT2D eigenvalue weighted by Crippen LogP contribution is 2.39. The maximum absolute atomic E-state index is 14.2. The molecule has 1 amide bonds. The lowest BCUT2D eigenvalue weighted by atomic mass is 9.81. The van der Waals surface area contributed by atoms with Gasteiger partial charge in [-0.2, -0.15) is 4.98 Å². The van der Waals surface area contributed by atoms with E-state index in [1.165, 1.54) is 24.2 Å². The first-order valence-electron chi connectivity index (χ1n) is 15.7. The Morgan fingerprint density at radius 3 is 2.38 bits per heavy atom. The lowest BCUT2D eigenvalue weighted by Gasteiger charge is -2.39. The van der Waals surface area contributed by atoms with Crippen LogP contribution in [-0.4, -0.2) is 47.2 Å². The van der Waals surface area contributed by atoms with Crippen LogP contribution in [0.1, 0.15) is 106 Å². The second-order valence-corrected chi connectivity index (χ2v) is 14.4. The Kier molecular flexibility index (Phi) is 9.47. The predicted octanol–water partition coefficient (Wildman–Crippen LogP) is 7.39. The van der Waals surface area contributed by atoms with Gasteiger partial charge in [0.25, 0.3) is 0 Å². The van der Waals surface area contributed by atoms with Gasteiger partial charge in [-0.05, 0) is 103 Å². The maximum atomic E-state index is 14.2. The van der Waals surface area contributed by atoms with Gasteiger partial charge in [0.1, 0.15) is 16.8 Å². The van der Waals surface area contributed by atoms with Crippen molar-refractivity contribution in [2.45, 2.75) is 104 Å². The topological polar surface area (TPSA) is 83.0 Å². The molecule has 2 saturated carbocycles. The van der Waals surface area contributed by atoms with Crippen LogP contribution < -0.4 is 14.5 Å². The number of aromatic nitrogens is 1. The van der Waals surface area contributed by atoms with Gasteiger partial charge in [-0.1, -0.05) is 24.8 Å². The summed E-state index contributed by atoms with van der Waals surface area (Å²) in [6.45, 7) is 10.4. The van der Waals surface area contributed by atoms with Crippen LogP contribution in [0.2, 0.25) is 0 Å². The first kappa shape index (κ1) is 30.4. The highest BCUT2D eigenvalue weighted by Gasteiger charge is 2.38. The monoisotopic (exact) mass is 591 g/mol. The van der Waals surface area contributed by atoms with Crippen molar-refractivity contribution in [2.75, 3.05) is 22.9 Å². The SMILES string of the molecule is CC(C)(C)C#Cc1cc(N(C(=O)[C@H]2CC[C@H](C)CC2)[C@H]2CC[C@H](Oc3cccc(N4CCCC4)n3)CC2)c(C(=O)O)s1. The maximum Gasteiger partial charge on any atom is 0.348 e. The number of rotatable bonds is 7. The fourth-order valence-electron chi connectivity index (χ4n) is 6.41. The molecule has 0 unspecified atom stereocenters. The molecule has 0 bridgehead atoms. The summed E-state index contributed by atoms with van der Waals surface area (Å²) in [5.74, 6) is 7.65. The third-order valence-corrected chi connectivity index (χ3v) is 9.79. The third kappa shape index (κ3) is 7.47. The lowest BCUT2D eigenvalue weighted by molar-refractivity contribution is -0.124. The number of pyridine rings is 1.